The molecule has 130 valence electrons. The van der Waals surface area contributed by atoms with E-state index in [1.54, 1.807) is 12.1 Å². The van der Waals surface area contributed by atoms with Gasteiger partial charge in [0.2, 0.25) is 0 Å². The smallest absolute Gasteiger partial charge is 0.261 e. The molecule has 1 atom stereocenters. The number of carbonyl (C=O) groups is 2. The molecule has 3 rings (SSSR count). The molecule has 1 aromatic carbocycles. The normalized spacial score (nSPS) is 26.1. The fraction of sp³-hybridized carbons (Fsp3) is 0.600. The minimum absolute atomic E-state index is 0.108. The van der Waals surface area contributed by atoms with Crippen molar-refractivity contribution in [3.63, 3.8) is 0 Å². The van der Waals surface area contributed by atoms with Crippen molar-refractivity contribution in [3.05, 3.63) is 35.4 Å². The Bertz CT molecular complexity index is 630. The van der Waals surface area contributed by atoms with Gasteiger partial charge < -0.3 is 4.74 Å². The zero-order valence-electron chi connectivity index (χ0n) is 15.1. The maximum absolute atomic E-state index is 12.6. The first-order valence-corrected chi connectivity index (χ1v) is 8.85. The quantitative estimate of drug-likeness (QED) is 0.787. The fourth-order valence-electron chi connectivity index (χ4n) is 4.29. The number of rotatable bonds is 4. The van der Waals surface area contributed by atoms with Gasteiger partial charge >= 0.3 is 0 Å². The van der Waals surface area contributed by atoms with Gasteiger partial charge in [-0.1, -0.05) is 26.0 Å². The molecule has 1 aromatic rings. The van der Waals surface area contributed by atoms with Gasteiger partial charge in [0.15, 0.2) is 0 Å². The Morgan fingerprint density at radius 2 is 1.71 bits per heavy atom. The molecule has 0 unspecified atom stereocenters. The van der Waals surface area contributed by atoms with Gasteiger partial charge in [0.25, 0.3) is 11.8 Å². The number of amides is 2. The van der Waals surface area contributed by atoms with Gasteiger partial charge in [0.05, 0.1) is 16.7 Å². The lowest BCUT2D eigenvalue weighted by Gasteiger charge is -2.48. The van der Waals surface area contributed by atoms with Crippen LogP contribution < -0.4 is 0 Å². The molecule has 2 amide bonds. The highest BCUT2D eigenvalue weighted by atomic mass is 16.5. The molecule has 1 fully saturated rings. The predicted octanol–water partition coefficient (Wildman–Crippen LogP) is 3.90. The van der Waals surface area contributed by atoms with Crippen LogP contribution in [0.1, 0.15) is 67.7 Å². The number of fused-ring (bicyclic) bond motifs is 1. The van der Waals surface area contributed by atoms with Gasteiger partial charge in [-0.05, 0) is 56.6 Å². The lowest BCUT2D eigenvalue weighted by Crippen LogP contribution is -2.46. The first-order valence-electron chi connectivity index (χ1n) is 8.85. The molecule has 1 saturated heterocycles. The molecule has 2 aliphatic heterocycles. The minimum Gasteiger partial charge on any atom is -0.376 e. The lowest BCUT2D eigenvalue weighted by atomic mass is 9.65. The maximum atomic E-state index is 12.6. The Kier molecular flexibility index (Phi) is 4.28. The second-order valence-electron chi connectivity index (χ2n) is 8.11. The Balaban J connectivity index is 1.77. The van der Waals surface area contributed by atoms with E-state index in [4.69, 9.17) is 4.74 Å². The highest BCUT2D eigenvalue weighted by molar-refractivity contribution is 6.21. The van der Waals surface area contributed by atoms with E-state index in [1.807, 2.05) is 12.1 Å². The summed E-state index contributed by atoms with van der Waals surface area (Å²) in [7, 11) is 0. The first-order chi connectivity index (χ1) is 11.3. The van der Waals surface area contributed by atoms with Gasteiger partial charge in [-0.3, -0.25) is 14.5 Å². The Morgan fingerprint density at radius 3 is 2.21 bits per heavy atom. The number of benzene rings is 1. The standard InChI is InChI=1S/C20H27NO3/c1-14(2)20(10-12-24-19(3,4)13-20)9-11-21-17(22)15-7-5-6-8-16(15)18(21)23/h5-8,14H,9-13H2,1-4H3/t20-/m1/s1. The van der Waals surface area contributed by atoms with Crippen LogP contribution in [0.2, 0.25) is 0 Å². The molecule has 0 saturated carbocycles. The average molecular weight is 329 g/mol. The molecule has 0 spiro atoms. The first kappa shape index (κ1) is 17.2. The van der Waals surface area contributed by atoms with E-state index in [9.17, 15) is 9.59 Å². The fourth-order valence-corrected chi connectivity index (χ4v) is 4.29. The summed E-state index contributed by atoms with van der Waals surface area (Å²) >= 11 is 0. The number of hydrogen-bond donors (Lipinski definition) is 0. The Labute approximate surface area is 144 Å². The largest absolute Gasteiger partial charge is 0.376 e. The maximum Gasteiger partial charge on any atom is 0.261 e. The van der Waals surface area contributed by atoms with Gasteiger partial charge in [0.1, 0.15) is 0 Å². The van der Waals surface area contributed by atoms with Crippen molar-refractivity contribution in [1.29, 1.82) is 0 Å². The van der Waals surface area contributed by atoms with Crippen LogP contribution in [-0.2, 0) is 4.74 Å². The predicted molar refractivity (Wildman–Crippen MR) is 93.0 cm³/mol. The number of carbonyl (C=O) groups excluding carboxylic acids is 2. The van der Waals surface area contributed by atoms with Crippen molar-refractivity contribution < 1.29 is 14.3 Å². The van der Waals surface area contributed by atoms with Gasteiger partial charge in [-0.25, -0.2) is 0 Å². The number of nitrogens with zero attached hydrogens (tertiary/aromatic N) is 1. The van der Waals surface area contributed by atoms with E-state index in [1.165, 1.54) is 4.90 Å². The van der Waals surface area contributed by atoms with E-state index in [0.29, 0.717) is 23.6 Å². The second-order valence-corrected chi connectivity index (χ2v) is 8.11. The van der Waals surface area contributed by atoms with Crippen molar-refractivity contribution in [2.24, 2.45) is 11.3 Å². The summed E-state index contributed by atoms with van der Waals surface area (Å²) in [5.74, 6) is 0.178. The van der Waals surface area contributed by atoms with Crippen molar-refractivity contribution in [2.75, 3.05) is 13.2 Å². The number of imide groups is 1. The average Bonchev–Trinajstić information content (AvgIpc) is 2.76. The summed E-state index contributed by atoms with van der Waals surface area (Å²) in [5.41, 5.74) is 1.03. The Hall–Kier alpha value is -1.68. The van der Waals surface area contributed by atoms with Crippen LogP contribution in [0.3, 0.4) is 0 Å². The molecule has 0 radical (unpaired) electrons. The Morgan fingerprint density at radius 1 is 1.12 bits per heavy atom. The lowest BCUT2D eigenvalue weighted by molar-refractivity contribution is -0.121. The molecule has 4 nitrogen and oxygen atoms in total. The van der Waals surface area contributed by atoms with Crippen molar-refractivity contribution in [2.45, 2.75) is 52.6 Å². The minimum atomic E-state index is -0.152. The summed E-state index contributed by atoms with van der Waals surface area (Å²) in [6.07, 6.45) is 2.78. The molecule has 2 heterocycles. The van der Waals surface area contributed by atoms with E-state index >= 15 is 0 Å². The topological polar surface area (TPSA) is 46.6 Å². The third-order valence-electron chi connectivity index (χ3n) is 5.81. The third-order valence-corrected chi connectivity index (χ3v) is 5.81. The third kappa shape index (κ3) is 2.88. The molecule has 0 aromatic heterocycles. The van der Waals surface area contributed by atoms with E-state index < -0.39 is 0 Å². The van der Waals surface area contributed by atoms with Gasteiger partial charge in [-0.15, -0.1) is 0 Å². The zero-order chi connectivity index (χ0) is 17.5. The van der Waals surface area contributed by atoms with E-state index in [0.717, 1.165) is 25.9 Å². The van der Waals surface area contributed by atoms with Crippen LogP contribution in [-0.4, -0.2) is 35.5 Å². The van der Waals surface area contributed by atoms with Crippen LogP contribution in [0.15, 0.2) is 24.3 Å². The van der Waals surface area contributed by atoms with Crippen LogP contribution in [0.25, 0.3) is 0 Å². The molecule has 4 heteroatoms. The number of hydrogen-bond acceptors (Lipinski definition) is 3. The summed E-state index contributed by atoms with van der Waals surface area (Å²) in [6.45, 7) is 9.97. The van der Waals surface area contributed by atoms with E-state index in [-0.39, 0.29) is 22.8 Å². The molecular formula is C20H27NO3. The van der Waals surface area contributed by atoms with Crippen molar-refractivity contribution in [3.8, 4) is 0 Å². The van der Waals surface area contributed by atoms with Crippen LogP contribution in [0.5, 0.6) is 0 Å². The highest BCUT2D eigenvalue weighted by Crippen LogP contribution is 2.47. The molecular weight excluding hydrogens is 302 g/mol. The van der Waals surface area contributed by atoms with Crippen LogP contribution in [0, 0.1) is 11.3 Å². The molecule has 2 aliphatic rings. The van der Waals surface area contributed by atoms with Gasteiger partial charge in [0, 0.05) is 13.2 Å². The number of ether oxygens (including phenoxy) is 1. The van der Waals surface area contributed by atoms with E-state index in [2.05, 4.69) is 27.7 Å². The molecule has 0 bridgehead atoms. The molecule has 0 aliphatic carbocycles. The van der Waals surface area contributed by atoms with Crippen LogP contribution in [0.4, 0.5) is 0 Å². The van der Waals surface area contributed by atoms with Gasteiger partial charge in [-0.2, -0.15) is 0 Å². The summed E-state index contributed by atoms with van der Waals surface area (Å²) in [6, 6.07) is 7.10. The summed E-state index contributed by atoms with van der Waals surface area (Å²) in [5, 5.41) is 0. The van der Waals surface area contributed by atoms with Crippen LogP contribution >= 0.6 is 0 Å². The van der Waals surface area contributed by atoms with Crippen molar-refractivity contribution in [1.82, 2.24) is 4.90 Å². The summed E-state index contributed by atoms with van der Waals surface area (Å²) < 4.78 is 5.89. The molecule has 0 N–H and O–H groups in total. The summed E-state index contributed by atoms with van der Waals surface area (Å²) in [4.78, 5) is 26.6. The highest BCUT2D eigenvalue weighted by Gasteiger charge is 2.44. The zero-order valence-corrected chi connectivity index (χ0v) is 15.1. The molecule has 24 heavy (non-hydrogen) atoms. The second kappa shape index (κ2) is 5.99. The SMILES string of the molecule is CC(C)[C@]1(CCN2C(=O)c3ccccc3C2=O)CCOC(C)(C)C1. The monoisotopic (exact) mass is 329 g/mol. The van der Waals surface area contributed by atoms with Crippen molar-refractivity contribution >= 4 is 11.8 Å².